The predicted octanol–water partition coefficient (Wildman–Crippen LogP) is 3.43. The molecule has 4 nitrogen and oxygen atoms in total. The Morgan fingerprint density at radius 3 is 2.63 bits per heavy atom. The third-order valence-electron chi connectivity index (χ3n) is 1.85. The Bertz CT molecular complexity index is 547. The average Bonchev–Trinajstić information content (AvgIpc) is 2.62. The molecule has 0 spiro atoms. The maximum absolute atomic E-state index is 12.1. The zero-order chi connectivity index (χ0) is 14.7. The van der Waals surface area contributed by atoms with Gasteiger partial charge >= 0.3 is 15.6 Å². The summed E-state index contributed by atoms with van der Waals surface area (Å²) in [6, 6.07) is 0. The monoisotopic (exact) mass is 315 g/mol. The second-order valence-corrected chi connectivity index (χ2v) is 6.47. The SMILES string of the molecule is CC(C)C/C=C/c1nc(OS(=O)(=O)C(F)(F)F)cs1. The molecule has 0 aliphatic heterocycles. The first-order valence-corrected chi connectivity index (χ1v) is 7.53. The molecule has 0 bridgehead atoms. The highest BCUT2D eigenvalue weighted by Crippen LogP contribution is 2.27. The number of hydrogen-bond donors (Lipinski definition) is 0. The van der Waals surface area contributed by atoms with Gasteiger partial charge in [-0.2, -0.15) is 21.6 Å². The van der Waals surface area contributed by atoms with Crippen molar-refractivity contribution >= 4 is 27.5 Å². The minimum atomic E-state index is -5.65. The van der Waals surface area contributed by atoms with Crippen LogP contribution in [0.1, 0.15) is 25.3 Å². The van der Waals surface area contributed by atoms with Crippen LogP contribution < -0.4 is 4.18 Å². The van der Waals surface area contributed by atoms with E-state index < -0.39 is 21.5 Å². The van der Waals surface area contributed by atoms with Crippen molar-refractivity contribution in [2.45, 2.75) is 25.8 Å². The van der Waals surface area contributed by atoms with Crippen LogP contribution >= 0.6 is 11.3 Å². The molecule has 0 N–H and O–H groups in total. The van der Waals surface area contributed by atoms with Crippen molar-refractivity contribution in [2.75, 3.05) is 0 Å². The van der Waals surface area contributed by atoms with Gasteiger partial charge in [-0.25, -0.2) is 4.98 Å². The number of thiazole rings is 1. The molecule has 0 aliphatic rings. The van der Waals surface area contributed by atoms with E-state index in [9.17, 15) is 21.6 Å². The van der Waals surface area contributed by atoms with E-state index in [2.05, 4.69) is 9.17 Å². The van der Waals surface area contributed by atoms with Crippen molar-refractivity contribution in [1.82, 2.24) is 4.98 Å². The van der Waals surface area contributed by atoms with Crippen molar-refractivity contribution < 1.29 is 25.8 Å². The summed E-state index contributed by atoms with van der Waals surface area (Å²) >= 11 is 0.998. The molecule has 0 saturated heterocycles. The first kappa shape index (κ1) is 16.0. The number of nitrogens with zero attached hydrogens (tertiary/aromatic N) is 1. The summed E-state index contributed by atoms with van der Waals surface area (Å²) in [6.07, 6.45) is 4.21. The van der Waals surface area contributed by atoms with Gasteiger partial charge in [0.05, 0.1) is 5.38 Å². The molecule has 19 heavy (non-hydrogen) atoms. The molecule has 108 valence electrons. The van der Waals surface area contributed by atoms with E-state index in [1.54, 1.807) is 6.08 Å². The third-order valence-corrected chi connectivity index (χ3v) is 3.59. The van der Waals surface area contributed by atoms with Gasteiger partial charge in [0.25, 0.3) is 0 Å². The number of hydrogen-bond acceptors (Lipinski definition) is 5. The van der Waals surface area contributed by atoms with Gasteiger partial charge in [-0.05, 0) is 18.4 Å². The number of aromatic nitrogens is 1. The summed E-state index contributed by atoms with van der Waals surface area (Å²) in [6.45, 7) is 4.02. The molecule has 0 aliphatic carbocycles. The first-order valence-electron chi connectivity index (χ1n) is 5.24. The summed E-state index contributed by atoms with van der Waals surface area (Å²) < 4.78 is 61.6. The van der Waals surface area contributed by atoms with Crippen LogP contribution in [0.2, 0.25) is 0 Å². The van der Waals surface area contributed by atoms with E-state index in [0.717, 1.165) is 23.1 Å². The van der Waals surface area contributed by atoms with Crippen LogP contribution in [0.5, 0.6) is 5.88 Å². The standard InChI is InChI=1S/C10H12F3NO3S2/c1-7(2)4-3-5-9-14-8(6-18-9)17-19(15,16)10(11,12)13/h3,5-7H,4H2,1-2H3/b5-3+. The van der Waals surface area contributed by atoms with Crippen LogP contribution in [-0.2, 0) is 10.1 Å². The zero-order valence-corrected chi connectivity index (χ0v) is 11.8. The maximum Gasteiger partial charge on any atom is 0.534 e. The Hall–Kier alpha value is -1.09. The van der Waals surface area contributed by atoms with Crippen LogP contribution in [0, 0.1) is 5.92 Å². The smallest absolute Gasteiger partial charge is 0.354 e. The molecule has 0 atom stereocenters. The van der Waals surface area contributed by atoms with Gasteiger partial charge in [0.1, 0.15) is 5.01 Å². The molecule has 1 aromatic heterocycles. The van der Waals surface area contributed by atoms with Crippen molar-refractivity contribution in [3.8, 4) is 5.88 Å². The largest absolute Gasteiger partial charge is 0.534 e. The highest BCUT2D eigenvalue weighted by molar-refractivity contribution is 7.88. The molecule has 0 unspecified atom stereocenters. The minimum absolute atomic E-state index is 0.382. The van der Waals surface area contributed by atoms with E-state index >= 15 is 0 Å². The molecule has 9 heteroatoms. The summed E-state index contributed by atoms with van der Waals surface area (Å²) in [5.41, 5.74) is -5.45. The zero-order valence-electron chi connectivity index (χ0n) is 10.1. The fraction of sp³-hybridized carbons (Fsp3) is 0.500. The molecular weight excluding hydrogens is 303 g/mol. The first-order chi connectivity index (χ1) is 8.62. The summed E-state index contributed by atoms with van der Waals surface area (Å²) in [5, 5.41) is 1.49. The topological polar surface area (TPSA) is 56.3 Å². The molecule has 1 aromatic rings. The number of halogens is 3. The molecule has 1 heterocycles. The molecule has 0 amide bonds. The van der Waals surface area contributed by atoms with Gasteiger partial charge in [0.2, 0.25) is 5.88 Å². The molecule has 1 rings (SSSR count). The van der Waals surface area contributed by atoms with E-state index in [1.807, 2.05) is 19.9 Å². The molecular formula is C10H12F3NO3S2. The van der Waals surface area contributed by atoms with Crippen LogP contribution in [0.15, 0.2) is 11.5 Å². The predicted molar refractivity (Wildman–Crippen MR) is 66.2 cm³/mol. The molecule has 0 fully saturated rings. The highest BCUT2D eigenvalue weighted by Gasteiger charge is 2.48. The van der Waals surface area contributed by atoms with Gasteiger partial charge in [-0.15, -0.1) is 11.3 Å². The van der Waals surface area contributed by atoms with E-state index in [-0.39, 0.29) is 0 Å². The van der Waals surface area contributed by atoms with Crippen LogP contribution in [0.4, 0.5) is 13.2 Å². The minimum Gasteiger partial charge on any atom is -0.354 e. The summed E-state index contributed by atoms with van der Waals surface area (Å²) in [7, 11) is -5.65. The Morgan fingerprint density at radius 2 is 2.11 bits per heavy atom. The van der Waals surface area contributed by atoms with Gasteiger partial charge in [-0.3, -0.25) is 0 Å². The lowest BCUT2D eigenvalue weighted by molar-refractivity contribution is -0.0501. The molecule has 0 saturated carbocycles. The lowest BCUT2D eigenvalue weighted by Crippen LogP contribution is -2.28. The molecule has 0 radical (unpaired) electrons. The van der Waals surface area contributed by atoms with Crippen molar-refractivity contribution in [3.05, 3.63) is 16.5 Å². The third kappa shape index (κ3) is 4.83. The lowest BCUT2D eigenvalue weighted by atomic mass is 10.1. The summed E-state index contributed by atoms with van der Waals surface area (Å²) in [5.74, 6) is -0.135. The average molecular weight is 315 g/mol. The Labute approximate surface area is 113 Å². The number of rotatable bonds is 5. The fourth-order valence-corrected chi connectivity index (χ4v) is 2.09. The van der Waals surface area contributed by atoms with Crippen molar-refractivity contribution in [3.63, 3.8) is 0 Å². The maximum atomic E-state index is 12.1. The quantitative estimate of drug-likeness (QED) is 0.617. The van der Waals surface area contributed by atoms with E-state index in [0.29, 0.717) is 10.9 Å². The van der Waals surface area contributed by atoms with Crippen molar-refractivity contribution in [1.29, 1.82) is 0 Å². The Balaban J connectivity index is 2.74. The van der Waals surface area contributed by atoms with Gasteiger partial charge in [-0.1, -0.05) is 19.9 Å². The number of allylic oxidation sites excluding steroid dienone is 1. The second kappa shape index (κ2) is 5.91. The lowest BCUT2D eigenvalue weighted by Gasteiger charge is -2.06. The van der Waals surface area contributed by atoms with Gasteiger partial charge in [0, 0.05) is 0 Å². The number of alkyl halides is 3. The Morgan fingerprint density at radius 1 is 1.47 bits per heavy atom. The van der Waals surface area contributed by atoms with Crippen molar-refractivity contribution in [2.24, 2.45) is 5.92 Å². The van der Waals surface area contributed by atoms with Gasteiger partial charge in [0.15, 0.2) is 0 Å². The second-order valence-electron chi connectivity index (χ2n) is 4.04. The highest BCUT2D eigenvalue weighted by atomic mass is 32.2. The van der Waals surface area contributed by atoms with Crippen LogP contribution in [0.25, 0.3) is 6.08 Å². The van der Waals surface area contributed by atoms with Crippen LogP contribution in [-0.4, -0.2) is 18.9 Å². The fourth-order valence-electron chi connectivity index (χ4n) is 0.988. The summed E-state index contributed by atoms with van der Waals surface area (Å²) in [4.78, 5) is 3.64. The van der Waals surface area contributed by atoms with E-state index in [1.165, 1.54) is 0 Å². The molecule has 0 aromatic carbocycles. The Kier molecular flexibility index (Phi) is 4.97. The normalized spacial score (nSPS) is 13.4. The van der Waals surface area contributed by atoms with E-state index in [4.69, 9.17) is 0 Å². The van der Waals surface area contributed by atoms with Gasteiger partial charge < -0.3 is 4.18 Å². The van der Waals surface area contributed by atoms with Crippen LogP contribution in [0.3, 0.4) is 0 Å².